The summed E-state index contributed by atoms with van der Waals surface area (Å²) in [5.74, 6) is 0. The van der Waals surface area contributed by atoms with Crippen molar-refractivity contribution >= 4 is 31.9 Å². The lowest BCUT2D eigenvalue weighted by molar-refractivity contribution is 0.535. The maximum Gasteiger partial charge on any atom is 0.0203 e. The van der Waals surface area contributed by atoms with Gasteiger partial charge in [0.25, 0.3) is 0 Å². The molecule has 1 aliphatic rings. The van der Waals surface area contributed by atoms with E-state index in [9.17, 15) is 0 Å². The lowest BCUT2D eigenvalue weighted by Gasteiger charge is -2.30. The monoisotopic (exact) mass is 378 g/mol. The summed E-state index contributed by atoms with van der Waals surface area (Å²) in [5.41, 5.74) is 3.13. The minimum absolute atomic E-state index is 0.224. The van der Waals surface area contributed by atoms with Crippen LogP contribution in [-0.4, -0.2) is 0 Å². The number of hydrogen-bond acceptors (Lipinski definition) is 0. The predicted octanol–water partition coefficient (Wildman–Crippen LogP) is 6.07. The molecule has 0 unspecified atom stereocenters. The molecule has 1 saturated carbocycles. The molecule has 19 heavy (non-hydrogen) atoms. The molecule has 2 heteroatoms. The smallest absolute Gasteiger partial charge is 0.0203 e. The normalized spacial score (nSPS) is 17.6. The Kier molecular flexibility index (Phi) is 3.81. The lowest BCUT2D eigenvalue weighted by Crippen LogP contribution is -2.23. The van der Waals surface area contributed by atoms with Crippen molar-refractivity contribution in [1.29, 1.82) is 0 Å². The van der Waals surface area contributed by atoms with Gasteiger partial charge >= 0.3 is 0 Å². The van der Waals surface area contributed by atoms with Crippen LogP contribution in [0.2, 0.25) is 0 Å². The quantitative estimate of drug-likeness (QED) is 0.593. The van der Waals surface area contributed by atoms with Crippen LogP contribution in [-0.2, 0) is 5.41 Å². The Labute approximate surface area is 131 Å². The van der Waals surface area contributed by atoms with E-state index in [1.165, 1.54) is 36.8 Å². The maximum absolute atomic E-state index is 3.53. The second kappa shape index (κ2) is 5.41. The Hall–Kier alpha value is -0.600. The number of benzene rings is 2. The van der Waals surface area contributed by atoms with Crippen LogP contribution in [0.5, 0.6) is 0 Å². The average molecular weight is 380 g/mol. The van der Waals surface area contributed by atoms with Gasteiger partial charge in [-0.3, -0.25) is 0 Å². The van der Waals surface area contributed by atoms with Gasteiger partial charge in [0.2, 0.25) is 0 Å². The van der Waals surface area contributed by atoms with Crippen LogP contribution < -0.4 is 0 Å². The van der Waals surface area contributed by atoms with Crippen molar-refractivity contribution in [3.63, 3.8) is 0 Å². The van der Waals surface area contributed by atoms with Gasteiger partial charge < -0.3 is 0 Å². The minimum Gasteiger partial charge on any atom is -0.0570 e. The van der Waals surface area contributed by atoms with Crippen LogP contribution in [0.1, 0.15) is 36.8 Å². The van der Waals surface area contributed by atoms with E-state index >= 15 is 0 Å². The standard InChI is InChI=1S/C17H16Br2/c18-15-7-3-13(4-8-15)17(11-1-2-12-17)14-5-9-16(19)10-6-14/h3-10H,1-2,11-12H2. The first-order valence-corrected chi connectivity index (χ1v) is 8.31. The van der Waals surface area contributed by atoms with Crippen LogP contribution in [0.25, 0.3) is 0 Å². The number of halogens is 2. The van der Waals surface area contributed by atoms with Gasteiger partial charge in [0.05, 0.1) is 0 Å². The highest BCUT2D eigenvalue weighted by Gasteiger charge is 2.37. The first kappa shape index (κ1) is 13.4. The van der Waals surface area contributed by atoms with Crippen molar-refractivity contribution in [2.24, 2.45) is 0 Å². The van der Waals surface area contributed by atoms with E-state index in [4.69, 9.17) is 0 Å². The zero-order chi connectivity index (χ0) is 13.3. The van der Waals surface area contributed by atoms with Gasteiger partial charge in [-0.25, -0.2) is 0 Å². The van der Waals surface area contributed by atoms with Gasteiger partial charge in [-0.05, 0) is 48.2 Å². The third-order valence-electron chi connectivity index (χ3n) is 4.25. The summed E-state index contributed by atoms with van der Waals surface area (Å²) in [5, 5.41) is 0. The minimum atomic E-state index is 0.224. The molecule has 0 spiro atoms. The third-order valence-corrected chi connectivity index (χ3v) is 5.31. The second-order valence-corrected chi connectivity index (χ2v) is 7.13. The molecule has 1 aliphatic carbocycles. The van der Waals surface area contributed by atoms with Crippen LogP contribution >= 0.6 is 31.9 Å². The molecule has 0 amide bonds. The SMILES string of the molecule is Brc1ccc(C2(c3ccc(Br)cc3)CCCC2)cc1. The number of hydrogen-bond donors (Lipinski definition) is 0. The van der Waals surface area contributed by atoms with Crippen LogP contribution in [0.3, 0.4) is 0 Å². The Morgan fingerprint density at radius 2 is 1.00 bits per heavy atom. The van der Waals surface area contributed by atoms with Crippen molar-refractivity contribution in [2.45, 2.75) is 31.1 Å². The molecule has 0 N–H and O–H groups in total. The van der Waals surface area contributed by atoms with E-state index in [-0.39, 0.29) is 5.41 Å². The van der Waals surface area contributed by atoms with Crippen LogP contribution in [0.15, 0.2) is 57.5 Å². The van der Waals surface area contributed by atoms with Crippen molar-refractivity contribution < 1.29 is 0 Å². The summed E-state index contributed by atoms with van der Waals surface area (Å²) in [4.78, 5) is 0. The third kappa shape index (κ3) is 2.53. The maximum atomic E-state index is 3.53. The van der Waals surface area contributed by atoms with Crippen LogP contribution in [0.4, 0.5) is 0 Å². The Balaban J connectivity index is 2.08. The van der Waals surface area contributed by atoms with E-state index in [0.717, 1.165) is 8.95 Å². The summed E-state index contributed by atoms with van der Waals surface area (Å²) in [7, 11) is 0. The van der Waals surface area contributed by atoms with Gasteiger partial charge in [-0.1, -0.05) is 69.0 Å². The predicted molar refractivity (Wildman–Crippen MR) is 87.5 cm³/mol. The fourth-order valence-corrected chi connectivity index (χ4v) is 3.79. The fourth-order valence-electron chi connectivity index (χ4n) is 3.26. The van der Waals surface area contributed by atoms with Crippen molar-refractivity contribution in [3.05, 3.63) is 68.6 Å². The first-order chi connectivity index (χ1) is 9.21. The van der Waals surface area contributed by atoms with E-state index in [1.807, 2.05) is 0 Å². The summed E-state index contributed by atoms with van der Waals surface area (Å²) in [6.07, 6.45) is 5.17. The molecule has 2 aromatic rings. The Morgan fingerprint density at radius 3 is 1.37 bits per heavy atom. The lowest BCUT2D eigenvalue weighted by atomic mass is 9.73. The van der Waals surface area contributed by atoms with Crippen molar-refractivity contribution in [2.75, 3.05) is 0 Å². The molecule has 0 saturated heterocycles. The molecule has 0 aromatic heterocycles. The zero-order valence-electron chi connectivity index (χ0n) is 10.7. The Morgan fingerprint density at radius 1 is 0.632 bits per heavy atom. The highest BCUT2D eigenvalue weighted by molar-refractivity contribution is 9.10. The summed E-state index contributed by atoms with van der Waals surface area (Å²) >= 11 is 7.06. The van der Waals surface area contributed by atoms with Gasteiger partial charge in [0.15, 0.2) is 0 Å². The molecular weight excluding hydrogens is 364 g/mol. The second-order valence-electron chi connectivity index (χ2n) is 5.30. The van der Waals surface area contributed by atoms with Crippen molar-refractivity contribution in [1.82, 2.24) is 0 Å². The van der Waals surface area contributed by atoms with Gasteiger partial charge in [0, 0.05) is 14.4 Å². The molecule has 0 atom stereocenters. The number of rotatable bonds is 2. The van der Waals surface area contributed by atoms with Gasteiger partial charge in [-0.15, -0.1) is 0 Å². The molecule has 0 aliphatic heterocycles. The Bertz CT molecular complexity index is 501. The molecule has 0 radical (unpaired) electrons. The van der Waals surface area contributed by atoms with Gasteiger partial charge in [-0.2, -0.15) is 0 Å². The summed E-state index contributed by atoms with van der Waals surface area (Å²) in [6, 6.07) is 17.7. The van der Waals surface area contributed by atoms with E-state index < -0.39 is 0 Å². The van der Waals surface area contributed by atoms with E-state index in [1.54, 1.807) is 0 Å². The van der Waals surface area contributed by atoms with E-state index in [0.29, 0.717) is 0 Å². The van der Waals surface area contributed by atoms with E-state index in [2.05, 4.69) is 80.4 Å². The highest BCUT2D eigenvalue weighted by atomic mass is 79.9. The highest BCUT2D eigenvalue weighted by Crippen LogP contribution is 2.46. The molecule has 0 heterocycles. The molecule has 3 rings (SSSR count). The molecule has 0 nitrogen and oxygen atoms in total. The molecule has 98 valence electrons. The largest absolute Gasteiger partial charge is 0.0570 e. The first-order valence-electron chi connectivity index (χ1n) is 6.73. The molecule has 0 bridgehead atoms. The average Bonchev–Trinajstić information content (AvgIpc) is 2.91. The van der Waals surface area contributed by atoms with Crippen LogP contribution in [0, 0.1) is 0 Å². The topological polar surface area (TPSA) is 0 Å². The molecule has 2 aromatic carbocycles. The molecule has 1 fully saturated rings. The molecular formula is C17H16Br2. The zero-order valence-corrected chi connectivity index (χ0v) is 13.9. The van der Waals surface area contributed by atoms with Gasteiger partial charge in [0.1, 0.15) is 0 Å². The summed E-state index contributed by atoms with van der Waals surface area (Å²) in [6.45, 7) is 0. The van der Waals surface area contributed by atoms with Crippen molar-refractivity contribution in [3.8, 4) is 0 Å². The fraction of sp³-hybridized carbons (Fsp3) is 0.294. The summed E-state index contributed by atoms with van der Waals surface area (Å²) < 4.78 is 2.31.